The normalized spacial score (nSPS) is 13.1. The van der Waals surface area contributed by atoms with Gasteiger partial charge in [-0.05, 0) is 33.0 Å². The molecule has 2 rings (SSSR count). The molecule has 0 aliphatic carbocycles. The van der Waals surface area contributed by atoms with Crippen molar-refractivity contribution in [1.82, 2.24) is 14.3 Å². The number of rotatable bonds is 4. The maximum Gasteiger partial charge on any atom is 0.320 e. The van der Waals surface area contributed by atoms with Gasteiger partial charge in [-0.15, -0.1) is 0 Å². The van der Waals surface area contributed by atoms with E-state index in [4.69, 9.17) is 5.11 Å². The van der Waals surface area contributed by atoms with Gasteiger partial charge in [0.15, 0.2) is 0 Å². The van der Waals surface area contributed by atoms with Crippen molar-refractivity contribution in [2.75, 3.05) is 7.05 Å². The second-order valence-electron chi connectivity index (χ2n) is 4.56. The summed E-state index contributed by atoms with van der Waals surface area (Å²) in [4.78, 5) is 17.1. The lowest BCUT2D eigenvalue weighted by Crippen LogP contribution is -2.35. The molecule has 5 heteroatoms. The van der Waals surface area contributed by atoms with Crippen LogP contribution in [-0.2, 0) is 11.3 Å². The molecule has 0 radical (unpaired) electrons. The Kier molecular flexibility index (Phi) is 3.34. The summed E-state index contributed by atoms with van der Waals surface area (Å²) in [5.74, 6) is -0.822. The third-order valence-electron chi connectivity index (χ3n) is 3.18. The first-order chi connectivity index (χ1) is 8.49. The van der Waals surface area contributed by atoms with Crippen LogP contribution in [0.5, 0.6) is 0 Å². The number of hydrogen-bond donors (Lipinski definition) is 1. The zero-order valence-electron chi connectivity index (χ0n) is 10.8. The van der Waals surface area contributed by atoms with Crippen LogP contribution in [0.15, 0.2) is 24.4 Å². The molecule has 0 aromatic carbocycles. The summed E-state index contributed by atoms with van der Waals surface area (Å²) in [6, 6.07) is 5.40. The molecule has 2 heterocycles. The highest BCUT2D eigenvalue weighted by Gasteiger charge is 2.17. The number of pyridine rings is 1. The average molecular weight is 247 g/mol. The number of fused-ring (bicyclic) bond motifs is 1. The Balaban J connectivity index is 2.22. The van der Waals surface area contributed by atoms with Crippen LogP contribution in [0.3, 0.4) is 0 Å². The lowest BCUT2D eigenvalue weighted by Gasteiger charge is -2.19. The number of carbonyl (C=O) groups is 1. The fourth-order valence-electron chi connectivity index (χ4n) is 1.86. The molecule has 1 atom stereocenters. The molecule has 5 nitrogen and oxygen atoms in total. The minimum absolute atomic E-state index is 0.518. The third kappa shape index (κ3) is 2.36. The predicted molar refractivity (Wildman–Crippen MR) is 68.5 cm³/mol. The Labute approximate surface area is 106 Å². The molecule has 1 N–H and O–H groups in total. The first kappa shape index (κ1) is 12.6. The molecule has 2 aromatic rings. The monoisotopic (exact) mass is 247 g/mol. The number of aryl methyl sites for hydroxylation is 1. The highest BCUT2D eigenvalue weighted by atomic mass is 16.4. The Morgan fingerprint density at radius 2 is 2.28 bits per heavy atom. The van der Waals surface area contributed by atoms with Crippen LogP contribution >= 0.6 is 0 Å². The van der Waals surface area contributed by atoms with E-state index < -0.39 is 12.0 Å². The van der Waals surface area contributed by atoms with Gasteiger partial charge in [-0.25, -0.2) is 4.98 Å². The van der Waals surface area contributed by atoms with Crippen molar-refractivity contribution in [3.63, 3.8) is 0 Å². The van der Waals surface area contributed by atoms with Gasteiger partial charge in [-0.2, -0.15) is 0 Å². The van der Waals surface area contributed by atoms with Crippen LogP contribution in [0.25, 0.3) is 5.65 Å². The molecule has 0 aliphatic heterocycles. The van der Waals surface area contributed by atoms with Crippen molar-refractivity contribution in [3.8, 4) is 0 Å². The van der Waals surface area contributed by atoms with Crippen molar-refractivity contribution in [2.24, 2.45) is 0 Å². The SMILES string of the molecule is Cc1cccc2nc(CN(C)C(C)C(=O)O)cn12. The Morgan fingerprint density at radius 1 is 1.56 bits per heavy atom. The van der Waals surface area contributed by atoms with Gasteiger partial charge in [-0.3, -0.25) is 9.69 Å². The predicted octanol–water partition coefficient (Wildman–Crippen LogP) is 1.55. The number of aliphatic carboxylic acids is 1. The minimum Gasteiger partial charge on any atom is -0.480 e. The van der Waals surface area contributed by atoms with Gasteiger partial charge in [0.2, 0.25) is 0 Å². The van der Waals surface area contributed by atoms with Crippen LogP contribution < -0.4 is 0 Å². The minimum atomic E-state index is -0.822. The zero-order chi connectivity index (χ0) is 13.3. The molecule has 2 aromatic heterocycles. The van der Waals surface area contributed by atoms with Gasteiger partial charge in [0.05, 0.1) is 5.69 Å². The third-order valence-corrected chi connectivity index (χ3v) is 3.18. The van der Waals surface area contributed by atoms with Crippen molar-refractivity contribution in [1.29, 1.82) is 0 Å². The fourth-order valence-corrected chi connectivity index (χ4v) is 1.86. The number of carboxylic acids is 1. The number of likely N-dealkylation sites (N-methyl/N-ethyl adjacent to an activating group) is 1. The Morgan fingerprint density at radius 3 is 2.89 bits per heavy atom. The first-order valence-corrected chi connectivity index (χ1v) is 5.85. The quantitative estimate of drug-likeness (QED) is 0.890. The molecule has 0 saturated carbocycles. The number of aromatic nitrogens is 2. The van der Waals surface area contributed by atoms with Gasteiger partial charge in [0.25, 0.3) is 0 Å². The van der Waals surface area contributed by atoms with Gasteiger partial charge < -0.3 is 9.51 Å². The lowest BCUT2D eigenvalue weighted by molar-refractivity contribution is -0.142. The van der Waals surface area contributed by atoms with E-state index in [0.717, 1.165) is 17.0 Å². The summed E-state index contributed by atoms with van der Waals surface area (Å²) in [6.45, 7) is 4.21. The Hall–Kier alpha value is -1.88. The molecular formula is C13H17N3O2. The van der Waals surface area contributed by atoms with Crippen LogP contribution in [0.2, 0.25) is 0 Å². The topological polar surface area (TPSA) is 57.8 Å². The summed E-state index contributed by atoms with van der Waals surface area (Å²) in [5, 5.41) is 8.95. The van der Waals surface area contributed by atoms with E-state index in [1.165, 1.54) is 0 Å². The standard InChI is InChI=1S/C13H17N3O2/c1-9-5-4-6-12-14-11(8-16(9)12)7-15(3)10(2)13(17)18/h4-6,8,10H,7H2,1-3H3,(H,17,18). The highest BCUT2D eigenvalue weighted by Crippen LogP contribution is 2.11. The summed E-state index contributed by atoms with van der Waals surface area (Å²) in [7, 11) is 1.79. The van der Waals surface area contributed by atoms with E-state index in [1.807, 2.05) is 35.7 Å². The van der Waals surface area contributed by atoms with E-state index in [1.54, 1.807) is 18.9 Å². The second-order valence-corrected chi connectivity index (χ2v) is 4.56. The van der Waals surface area contributed by atoms with E-state index in [2.05, 4.69) is 4.98 Å². The lowest BCUT2D eigenvalue weighted by atomic mass is 10.3. The number of carboxylic acid groups (broad SMARTS) is 1. The van der Waals surface area contributed by atoms with E-state index in [-0.39, 0.29) is 0 Å². The van der Waals surface area contributed by atoms with E-state index in [9.17, 15) is 4.79 Å². The zero-order valence-corrected chi connectivity index (χ0v) is 10.8. The van der Waals surface area contributed by atoms with Crippen molar-refractivity contribution >= 4 is 11.6 Å². The fraction of sp³-hybridized carbons (Fsp3) is 0.385. The van der Waals surface area contributed by atoms with Crippen LogP contribution in [-0.4, -0.2) is 38.4 Å². The molecule has 0 aliphatic rings. The molecule has 96 valence electrons. The van der Waals surface area contributed by atoms with E-state index >= 15 is 0 Å². The number of hydrogen-bond acceptors (Lipinski definition) is 3. The summed E-state index contributed by atoms with van der Waals surface area (Å²) in [5.41, 5.74) is 2.88. The second kappa shape index (κ2) is 4.78. The molecule has 18 heavy (non-hydrogen) atoms. The van der Waals surface area contributed by atoms with Crippen molar-refractivity contribution in [3.05, 3.63) is 35.8 Å². The van der Waals surface area contributed by atoms with Crippen molar-refractivity contribution < 1.29 is 9.90 Å². The maximum atomic E-state index is 10.9. The molecular weight excluding hydrogens is 230 g/mol. The van der Waals surface area contributed by atoms with E-state index in [0.29, 0.717) is 6.54 Å². The van der Waals surface area contributed by atoms with Crippen LogP contribution in [0.1, 0.15) is 18.3 Å². The summed E-state index contributed by atoms with van der Waals surface area (Å²) >= 11 is 0. The van der Waals surface area contributed by atoms with Crippen LogP contribution in [0.4, 0.5) is 0 Å². The average Bonchev–Trinajstić information content (AvgIpc) is 2.71. The van der Waals surface area contributed by atoms with Crippen LogP contribution in [0, 0.1) is 6.92 Å². The van der Waals surface area contributed by atoms with Gasteiger partial charge in [0, 0.05) is 18.4 Å². The number of nitrogens with zero attached hydrogens (tertiary/aromatic N) is 3. The van der Waals surface area contributed by atoms with Gasteiger partial charge in [0.1, 0.15) is 11.7 Å². The first-order valence-electron chi connectivity index (χ1n) is 5.85. The van der Waals surface area contributed by atoms with Gasteiger partial charge >= 0.3 is 5.97 Å². The van der Waals surface area contributed by atoms with Crippen molar-refractivity contribution in [2.45, 2.75) is 26.4 Å². The number of imidazole rings is 1. The summed E-state index contributed by atoms with van der Waals surface area (Å²) in [6.07, 6.45) is 1.95. The largest absolute Gasteiger partial charge is 0.480 e. The molecule has 0 amide bonds. The Bertz CT molecular complexity index is 577. The summed E-state index contributed by atoms with van der Waals surface area (Å²) < 4.78 is 2.01. The molecule has 0 fully saturated rings. The smallest absolute Gasteiger partial charge is 0.320 e. The molecule has 0 saturated heterocycles. The highest BCUT2D eigenvalue weighted by molar-refractivity contribution is 5.72. The molecule has 1 unspecified atom stereocenters. The van der Waals surface area contributed by atoms with Gasteiger partial charge in [-0.1, -0.05) is 6.07 Å². The molecule has 0 bridgehead atoms. The molecule has 0 spiro atoms. The maximum absolute atomic E-state index is 10.9.